The molecule has 1 aromatic heterocycles. The van der Waals surface area contributed by atoms with Gasteiger partial charge in [0.15, 0.2) is 0 Å². The van der Waals surface area contributed by atoms with Crippen molar-refractivity contribution in [3.05, 3.63) is 36.5 Å². The maximum absolute atomic E-state index is 11.4. The van der Waals surface area contributed by atoms with Gasteiger partial charge < -0.3 is 4.74 Å². The third kappa shape index (κ3) is 2.93. The molecule has 2 rings (SSSR count). The number of amides is 1. The van der Waals surface area contributed by atoms with E-state index in [2.05, 4.69) is 10.3 Å². The van der Waals surface area contributed by atoms with Gasteiger partial charge in [0.1, 0.15) is 0 Å². The number of pyridine rings is 1. The van der Waals surface area contributed by atoms with Gasteiger partial charge in [0, 0.05) is 5.39 Å². The Balaban J connectivity index is 2.17. The summed E-state index contributed by atoms with van der Waals surface area (Å²) < 4.78 is 4.99. The standard InChI is InChI=1S/C13H14N2O2/c1-9(2)17-13(16)15-11-7-10-5-3-4-6-12(10)14-8-11/h3-9H,1-2H3,(H,15,16). The molecule has 0 atom stereocenters. The van der Waals surface area contributed by atoms with Gasteiger partial charge >= 0.3 is 6.09 Å². The predicted molar refractivity (Wildman–Crippen MR) is 67.0 cm³/mol. The summed E-state index contributed by atoms with van der Waals surface area (Å²) in [4.78, 5) is 15.6. The van der Waals surface area contributed by atoms with Crippen LogP contribution < -0.4 is 5.32 Å². The Labute approximate surface area is 99.6 Å². The molecular weight excluding hydrogens is 216 g/mol. The van der Waals surface area contributed by atoms with E-state index in [1.165, 1.54) is 0 Å². The Bertz CT molecular complexity index is 538. The number of aromatic nitrogens is 1. The van der Waals surface area contributed by atoms with Crippen molar-refractivity contribution in [2.24, 2.45) is 0 Å². The van der Waals surface area contributed by atoms with Gasteiger partial charge in [-0.25, -0.2) is 4.79 Å². The number of nitrogens with one attached hydrogen (secondary N) is 1. The molecule has 0 fully saturated rings. The summed E-state index contributed by atoms with van der Waals surface area (Å²) >= 11 is 0. The number of hydrogen-bond donors (Lipinski definition) is 1. The molecule has 0 unspecified atom stereocenters. The van der Waals surface area contributed by atoms with Gasteiger partial charge in [0.05, 0.1) is 23.5 Å². The zero-order valence-corrected chi connectivity index (χ0v) is 9.81. The van der Waals surface area contributed by atoms with Crippen LogP contribution in [-0.4, -0.2) is 17.2 Å². The molecule has 1 aromatic carbocycles. The lowest BCUT2D eigenvalue weighted by atomic mass is 10.2. The quantitative estimate of drug-likeness (QED) is 0.861. The zero-order chi connectivity index (χ0) is 12.3. The van der Waals surface area contributed by atoms with Crippen molar-refractivity contribution in [2.75, 3.05) is 5.32 Å². The smallest absolute Gasteiger partial charge is 0.411 e. The van der Waals surface area contributed by atoms with E-state index >= 15 is 0 Å². The molecule has 1 N–H and O–H groups in total. The lowest BCUT2D eigenvalue weighted by molar-refractivity contribution is 0.130. The van der Waals surface area contributed by atoms with Crippen LogP contribution >= 0.6 is 0 Å². The van der Waals surface area contributed by atoms with Crippen molar-refractivity contribution in [1.29, 1.82) is 0 Å². The van der Waals surface area contributed by atoms with Crippen LogP contribution in [0.15, 0.2) is 36.5 Å². The molecule has 2 aromatic rings. The average molecular weight is 230 g/mol. The van der Waals surface area contributed by atoms with E-state index in [-0.39, 0.29) is 6.10 Å². The molecule has 17 heavy (non-hydrogen) atoms. The Morgan fingerprint density at radius 3 is 2.88 bits per heavy atom. The molecule has 4 heteroatoms. The molecule has 1 amide bonds. The Morgan fingerprint density at radius 2 is 2.12 bits per heavy atom. The number of anilines is 1. The third-order valence-corrected chi connectivity index (χ3v) is 2.18. The van der Waals surface area contributed by atoms with E-state index < -0.39 is 6.09 Å². The highest BCUT2D eigenvalue weighted by Gasteiger charge is 2.06. The summed E-state index contributed by atoms with van der Waals surface area (Å²) in [6, 6.07) is 9.59. The molecule has 0 saturated heterocycles. The fourth-order valence-corrected chi connectivity index (χ4v) is 1.50. The summed E-state index contributed by atoms with van der Waals surface area (Å²) in [5.41, 5.74) is 1.53. The molecule has 1 heterocycles. The van der Waals surface area contributed by atoms with Gasteiger partial charge in [-0.15, -0.1) is 0 Å². The third-order valence-electron chi connectivity index (χ3n) is 2.18. The first-order chi connectivity index (χ1) is 8.15. The maximum atomic E-state index is 11.4. The Kier molecular flexibility index (Phi) is 3.23. The summed E-state index contributed by atoms with van der Waals surface area (Å²) in [5.74, 6) is 0. The Hall–Kier alpha value is -2.10. The summed E-state index contributed by atoms with van der Waals surface area (Å²) in [7, 11) is 0. The minimum Gasteiger partial charge on any atom is -0.447 e. The van der Waals surface area contributed by atoms with Crippen molar-refractivity contribution in [2.45, 2.75) is 20.0 Å². The van der Waals surface area contributed by atoms with E-state index in [4.69, 9.17) is 4.74 Å². The number of rotatable bonds is 2. The molecule has 0 aliphatic heterocycles. The normalized spacial score (nSPS) is 10.5. The van der Waals surface area contributed by atoms with Crippen molar-refractivity contribution in [3.63, 3.8) is 0 Å². The number of carbonyl (C=O) groups excluding carboxylic acids is 1. The van der Waals surface area contributed by atoms with Crippen LogP contribution in [0.25, 0.3) is 10.9 Å². The number of benzene rings is 1. The fourth-order valence-electron chi connectivity index (χ4n) is 1.50. The maximum Gasteiger partial charge on any atom is 0.411 e. The van der Waals surface area contributed by atoms with Crippen LogP contribution in [0.4, 0.5) is 10.5 Å². The summed E-state index contributed by atoms with van der Waals surface area (Å²) in [5, 5.41) is 3.62. The summed E-state index contributed by atoms with van der Waals surface area (Å²) in [6.07, 6.45) is 1.02. The van der Waals surface area contributed by atoms with E-state index in [1.807, 2.05) is 30.3 Å². The van der Waals surface area contributed by atoms with Crippen LogP contribution in [-0.2, 0) is 4.74 Å². The van der Waals surface area contributed by atoms with Gasteiger partial charge in [-0.05, 0) is 26.0 Å². The van der Waals surface area contributed by atoms with Gasteiger partial charge in [0.25, 0.3) is 0 Å². The number of carbonyl (C=O) groups is 1. The van der Waals surface area contributed by atoms with E-state index in [9.17, 15) is 4.79 Å². The minimum atomic E-state index is -0.461. The molecule has 88 valence electrons. The highest BCUT2D eigenvalue weighted by molar-refractivity contribution is 5.88. The van der Waals surface area contributed by atoms with Gasteiger partial charge in [-0.2, -0.15) is 0 Å². The highest BCUT2D eigenvalue weighted by Crippen LogP contribution is 2.16. The second kappa shape index (κ2) is 4.82. The summed E-state index contributed by atoms with van der Waals surface area (Å²) in [6.45, 7) is 3.61. The number of nitrogens with zero attached hydrogens (tertiary/aromatic N) is 1. The largest absolute Gasteiger partial charge is 0.447 e. The van der Waals surface area contributed by atoms with Gasteiger partial charge in [0.2, 0.25) is 0 Å². The molecule has 0 aliphatic rings. The average Bonchev–Trinajstić information content (AvgIpc) is 2.27. The van der Waals surface area contributed by atoms with Crippen molar-refractivity contribution in [3.8, 4) is 0 Å². The molecule has 0 spiro atoms. The first-order valence-corrected chi connectivity index (χ1v) is 5.47. The number of para-hydroxylation sites is 1. The van der Waals surface area contributed by atoms with E-state index in [0.29, 0.717) is 5.69 Å². The lowest BCUT2D eigenvalue weighted by Crippen LogP contribution is -2.18. The predicted octanol–water partition coefficient (Wildman–Crippen LogP) is 3.19. The van der Waals surface area contributed by atoms with Crippen LogP contribution in [0.5, 0.6) is 0 Å². The topological polar surface area (TPSA) is 51.2 Å². The second-order valence-electron chi connectivity index (χ2n) is 4.00. The number of hydrogen-bond acceptors (Lipinski definition) is 3. The lowest BCUT2D eigenvalue weighted by Gasteiger charge is -2.09. The van der Waals surface area contributed by atoms with Gasteiger partial charge in [-0.1, -0.05) is 18.2 Å². The van der Waals surface area contributed by atoms with Crippen LogP contribution in [0.3, 0.4) is 0 Å². The van der Waals surface area contributed by atoms with Crippen molar-refractivity contribution in [1.82, 2.24) is 4.98 Å². The van der Waals surface area contributed by atoms with E-state index in [0.717, 1.165) is 10.9 Å². The van der Waals surface area contributed by atoms with Gasteiger partial charge in [-0.3, -0.25) is 10.3 Å². The zero-order valence-electron chi connectivity index (χ0n) is 9.81. The molecule has 0 bridgehead atoms. The minimum absolute atomic E-state index is 0.136. The van der Waals surface area contributed by atoms with Crippen LogP contribution in [0.1, 0.15) is 13.8 Å². The fraction of sp³-hybridized carbons (Fsp3) is 0.231. The van der Waals surface area contributed by atoms with Crippen molar-refractivity contribution < 1.29 is 9.53 Å². The van der Waals surface area contributed by atoms with Crippen molar-refractivity contribution >= 4 is 22.7 Å². The Morgan fingerprint density at radius 1 is 1.35 bits per heavy atom. The van der Waals surface area contributed by atoms with E-state index in [1.54, 1.807) is 20.0 Å². The molecular formula is C13H14N2O2. The number of ether oxygens (including phenoxy) is 1. The number of fused-ring (bicyclic) bond motifs is 1. The molecule has 0 radical (unpaired) electrons. The molecule has 0 aliphatic carbocycles. The first kappa shape index (κ1) is 11.4. The van der Waals surface area contributed by atoms with Crippen LogP contribution in [0.2, 0.25) is 0 Å². The molecule has 0 saturated carbocycles. The first-order valence-electron chi connectivity index (χ1n) is 5.47. The monoisotopic (exact) mass is 230 g/mol. The second-order valence-corrected chi connectivity index (χ2v) is 4.00. The molecule has 4 nitrogen and oxygen atoms in total. The highest BCUT2D eigenvalue weighted by atomic mass is 16.6. The van der Waals surface area contributed by atoms with Crippen LogP contribution in [0, 0.1) is 0 Å². The SMILES string of the molecule is CC(C)OC(=O)Nc1cnc2ccccc2c1.